The summed E-state index contributed by atoms with van der Waals surface area (Å²) >= 11 is 6.13. The first-order valence-corrected chi connectivity index (χ1v) is 9.68. The highest BCUT2D eigenvalue weighted by atomic mass is 35.5. The van der Waals surface area contributed by atoms with Gasteiger partial charge in [-0.05, 0) is 50.1 Å². The van der Waals surface area contributed by atoms with Crippen LogP contribution in [-0.4, -0.2) is 38.3 Å². The zero-order valence-electron chi connectivity index (χ0n) is 15.5. The van der Waals surface area contributed by atoms with Crippen LogP contribution in [0.25, 0.3) is 0 Å². The average Bonchev–Trinajstić information content (AvgIpc) is 3.20. The summed E-state index contributed by atoms with van der Waals surface area (Å²) in [6.45, 7) is 4.00. The van der Waals surface area contributed by atoms with Gasteiger partial charge in [-0.2, -0.15) is 0 Å². The second kappa shape index (κ2) is 9.62. The predicted octanol–water partition coefficient (Wildman–Crippen LogP) is 4.36. The topological polar surface area (TPSA) is 50.8 Å². The molecule has 2 aromatic rings. The lowest BCUT2D eigenvalue weighted by molar-refractivity contribution is -0.116. The summed E-state index contributed by atoms with van der Waals surface area (Å²) in [6, 6.07) is 15.0. The molecule has 1 fully saturated rings. The number of ether oxygens (including phenoxy) is 2. The Bertz CT molecular complexity index is 748. The zero-order chi connectivity index (χ0) is 19.1. The molecule has 1 heterocycles. The number of para-hydroxylation sites is 1. The lowest BCUT2D eigenvalue weighted by atomic mass is 10.2. The summed E-state index contributed by atoms with van der Waals surface area (Å²) in [5.74, 6) is 0.652. The predicted molar refractivity (Wildman–Crippen MR) is 109 cm³/mol. The van der Waals surface area contributed by atoms with Crippen LogP contribution in [0.2, 0.25) is 5.02 Å². The van der Waals surface area contributed by atoms with Gasteiger partial charge in [0.1, 0.15) is 12.4 Å². The van der Waals surface area contributed by atoms with Gasteiger partial charge in [0.15, 0.2) is 0 Å². The minimum atomic E-state index is -0.0197. The van der Waals surface area contributed by atoms with Gasteiger partial charge in [0.05, 0.1) is 18.3 Å². The number of benzene rings is 2. The molecule has 1 atom stereocenters. The van der Waals surface area contributed by atoms with Crippen molar-refractivity contribution in [3.63, 3.8) is 0 Å². The molecule has 0 radical (unpaired) electrons. The van der Waals surface area contributed by atoms with Crippen molar-refractivity contribution in [3.8, 4) is 5.75 Å². The Morgan fingerprint density at radius 3 is 2.81 bits per heavy atom. The second-order valence-corrected chi connectivity index (χ2v) is 6.85. The lowest BCUT2D eigenvalue weighted by Crippen LogP contribution is -2.35. The molecule has 1 amide bonds. The Morgan fingerprint density at radius 2 is 2.11 bits per heavy atom. The highest BCUT2D eigenvalue weighted by Gasteiger charge is 2.18. The normalized spacial score (nSPS) is 16.1. The van der Waals surface area contributed by atoms with Crippen LogP contribution in [0.5, 0.6) is 5.75 Å². The van der Waals surface area contributed by atoms with Gasteiger partial charge in [0.2, 0.25) is 5.91 Å². The number of likely N-dealkylation sites (N-methyl/N-ethyl adjacent to an activating group) is 1. The fourth-order valence-electron chi connectivity index (χ4n) is 3.10. The molecule has 1 aliphatic rings. The smallest absolute Gasteiger partial charge is 0.246 e. The third-order valence-electron chi connectivity index (χ3n) is 4.51. The van der Waals surface area contributed by atoms with E-state index in [9.17, 15) is 4.79 Å². The minimum absolute atomic E-state index is 0.0197. The summed E-state index contributed by atoms with van der Waals surface area (Å²) in [6.07, 6.45) is 2.21. The van der Waals surface area contributed by atoms with Gasteiger partial charge in [0, 0.05) is 23.9 Å². The number of nitrogens with zero attached hydrogens (tertiary/aromatic N) is 1. The molecule has 0 saturated carbocycles. The number of anilines is 2. The van der Waals surface area contributed by atoms with E-state index < -0.39 is 0 Å². The van der Waals surface area contributed by atoms with Crippen molar-refractivity contribution in [1.29, 1.82) is 0 Å². The summed E-state index contributed by atoms with van der Waals surface area (Å²) in [7, 11) is 0. The summed E-state index contributed by atoms with van der Waals surface area (Å²) in [5.41, 5.74) is 1.59. The molecule has 0 aliphatic carbocycles. The van der Waals surface area contributed by atoms with Crippen LogP contribution in [0.1, 0.15) is 19.8 Å². The maximum absolute atomic E-state index is 12.7. The average molecular weight is 389 g/mol. The number of nitrogens with one attached hydrogen (secondary N) is 1. The summed E-state index contributed by atoms with van der Waals surface area (Å²) < 4.78 is 11.5. The molecule has 6 heteroatoms. The number of rotatable bonds is 8. The van der Waals surface area contributed by atoms with Crippen LogP contribution < -0.4 is 15.0 Å². The zero-order valence-corrected chi connectivity index (χ0v) is 16.2. The number of halogens is 1. The molecule has 1 N–H and O–H groups in total. The fourth-order valence-corrected chi connectivity index (χ4v) is 3.27. The lowest BCUT2D eigenvalue weighted by Gasteiger charge is -2.22. The van der Waals surface area contributed by atoms with Gasteiger partial charge >= 0.3 is 0 Å². The van der Waals surface area contributed by atoms with Gasteiger partial charge in [-0.25, -0.2) is 0 Å². The van der Waals surface area contributed by atoms with E-state index in [1.165, 1.54) is 0 Å². The van der Waals surface area contributed by atoms with Crippen molar-refractivity contribution in [2.24, 2.45) is 0 Å². The molecule has 0 bridgehead atoms. The van der Waals surface area contributed by atoms with Crippen LogP contribution in [-0.2, 0) is 9.53 Å². The van der Waals surface area contributed by atoms with Crippen LogP contribution in [0.4, 0.5) is 11.4 Å². The Balaban J connectivity index is 1.63. The van der Waals surface area contributed by atoms with E-state index in [4.69, 9.17) is 21.1 Å². The maximum atomic E-state index is 12.7. The molecule has 27 heavy (non-hydrogen) atoms. The Kier molecular flexibility index (Phi) is 6.96. The van der Waals surface area contributed by atoms with Crippen molar-refractivity contribution in [3.05, 3.63) is 53.6 Å². The fraction of sp³-hybridized carbons (Fsp3) is 0.381. The number of hydrogen-bond acceptors (Lipinski definition) is 4. The van der Waals surface area contributed by atoms with Gasteiger partial charge < -0.3 is 19.7 Å². The van der Waals surface area contributed by atoms with Crippen LogP contribution >= 0.6 is 11.6 Å². The van der Waals surface area contributed by atoms with Crippen molar-refractivity contribution in [2.75, 3.05) is 36.5 Å². The van der Waals surface area contributed by atoms with E-state index >= 15 is 0 Å². The summed E-state index contributed by atoms with van der Waals surface area (Å²) in [5, 5.41) is 3.76. The van der Waals surface area contributed by atoms with Gasteiger partial charge in [0.25, 0.3) is 0 Å². The van der Waals surface area contributed by atoms with Crippen molar-refractivity contribution < 1.29 is 14.3 Å². The van der Waals surface area contributed by atoms with Gasteiger partial charge in [-0.1, -0.05) is 29.8 Å². The van der Waals surface area contributed by atoms with E-state index in [2.05, 4.69) is 5.32 Å². The van der Waals surface area contributed by atoms with Crippen molar-refractivity contribution >= 4 is 28.9 Å². The van der Waals surface area contributed by atoms with Crippen molar-refractivity contribution in [2.45, 2.75) is 25.9 Å². The van der Waals surface area contributed by atoms with Gasteiger partial charge in [-0.15, -0.1) is 0 Å². The largest absolute Gasteiger partial charge is 0.489 e. The van der Waals surface area contributed by atoms with Crippen LogP contribution in [0.15, 0.2) is 48.5 Å². The minimum Gasteiger partial charge on any atom is -0.489 e. The molecule has 1 saturated heterocycles. The number of carbonyl (C=O) groups excluding carboxylic acids is 1. The Hall–Kier alpha value is -2.24. The molecule has 5 nitrogen and oxygen atoms in total. The molecular formula is C21H25ClN2O3. The van der Waals surface area contributed by atoms with E-state index in [0.717, 1.165) is 25.1 Å². The number of carbonyl (C=O) groups is 1. The quantitative estimate of drug-likeness (QED) is 0.729. The standard InChI is InChI=1S/C21H25ClN2O3/c1-2-24(17-7-4-3-5-8-17)21(25)14-23-19-13-16(22)10-11-20(19)27-15-18-9-6-12-26-18/h3-5,7-8,10-11,13,18,23H,2,6,9,12,14-15H2,1H3. The van der Waals surface area contributed by atoms with E-state index in [0.29, 0.717) is 29.6 Å². The third kappa shape index (κ3) is 5.37. The van der Waals surface area contributed by atoms with Crippen LogP contribution in [0, 0.1) is 0 Å². The van der Waals surface area contributed by atoms with E-state index in [1.54, 1.807) is 17.0 Å². The highest BCUT2D eigenvalue weighted by Crippen LogP contribution is 2.29. The molecule has 2 aromatic carbocycles. The molecule has 0 aromatic heterocycles. The Labute approximate surface area is 165 Å². The SMILES string of the molecule is CCN(C(=O)CNc1cc(Cl)ccc1OCC1CCCO1)c1ccccc1. The Morgan fingerprint density at radius 1 is 1.30 bits per heavy atom. The molecule has 3 rings (SSSR count). The monoisotopic (exact) mass is 388 g/mol. The van der Waals surface area contributed by atoms with Crippen molar-refractivity contribution in [1.82, 2.24) is 0 Å². The molecule has 1 aliphatic heterocycles. The van der Waals surface area contributed by atoms with E-state index in [-0.39, 0.29) is 18.6 Å². The molecule has 1 unspecified atom stereocenters. The second-order valence-electron chi connectivity index (χ2n) is 6.41. The number of amides is 1. The highest BCUT2D eigenvalue weighted by molar-refractivity contribution is 6.31. The molecule has 0 spiro atoms. The first kappa shape index (κ1) is 19.5. The van der Waals surface area contributed by atoms with Crippen LogP contribution in [0.3, 0.4) is 0 Å². The molecular weight excluding hydrogens is 364 g/mol. The van der Waals surface area contributed by atoms with E-state index in [1.807, 2.05) is 43.3 Å². The first-order valence-electron chi connectivity index (χ1n) is 9.30. The summed E-state index contributed by atoms with van der Waals surface area (Å²) in [4.78, 5) is 14.4. The van der Waals surface area contributed by atoms with Gasteiger partial charge in [-0.3, -0.25) is 4.79 Å². The third-order valence-corrected chi connectivity index (χ3v) is 4.74. The molecule has 144 valence electrons. The maximum Gasteiger partial charge on any atom is 0.246 e. The number of hydrogen-bond donors (Lipinski definition) is 1. The first-order chi connectivity index (χ1) is 13.2.